The van der Waals surface area contributed by atoms with Gasteiger partial charge in [0.25, 0.3) is 10.0 Å². The third kappa shape index (κ3) is 5.06. The number of nitrogens with one attached hydrogen (secondary N) is 2. The number of methoxy groups -OCH3 is 1. The Labute approximate surface area is 186 Å². The quantitative estimate of drug-likeness (QED) is 0.481. The lowest BCUT2D eigenvalue weighted by molar-refractivity contribution is 0.403. The number of thiazole rings is 1. The summed E-state index contributed by atoms with van der Waals surface area (Å²) in [6.45, 7) is 8.08. The van der Waals surface area contributed by atoms with E-state index < -0.39 is 10.0 Å². The first-order valence-corrected chi connectivity index (χ1v) is 11.9. The number of hydrogen-bond acceptors (Lipinski definition) is 6. The van der Waals surface area contributed by atoms with Crippen LogP contribution in [0.4, 0.5) is 10.8 Å². The van der Waals surface area contributed by atoms with Gasteiger partial charge in [-0.1, -0.05) is 35.1 Å². The molecule has 0 aliphatic rings. The van der Waals surface area contributed by atoms with Gasteiger partial charge in [-0.25, -0.2) is 13.4 Å². The molecule has 0 amide bonds. The Balaban J connectivity index is 2.03. The molecule has 0 unspecified atom stereocenters. The van der Waals surface area contributed by atoms with Crippen molar-refractivity contribution in [2.24, 2.45) is 0 Å². The van der Waals surface area contributed by atoms with Crippen molar-refractivity contribution >= 4 is 43.8 Å². The molecular formula is C21H24ClN3O3S2. The van der Waals surface area contributed by atoms with Gasteiger partial charge in [0.15, 0.2) is 5.13 Å². The molecule has 3 rings (SSSR count). The molecule has 30 heavy (non-hydrogen) atoms. The van der Waals surface area contributed by atoms with Crippen LogP contribution in [-0.2, 0) is 10.0 Å². The number of aryl methyl sites for hydroxylation is 1. The van der Waals surface area contributed by atoms with E-state index in [1.165, 1.54) is 18.4 Å². The first kappa shape index (κ1) is 22.4. The van der Waals surface area contributed by atoms with Gasteiger partial charge in [-0.05, 0) is 63.6 Å². The molecule has 0 atom stereocenters. The second-order valence-electron chi connectivity index (χ2n) is 7.76. The van der Waals surface area contributed by atoms with Crippen molar-refractivity contribution in [3.63, 3.8) is 0 Å². The van der Waals surface area contributed by atoms with E-state index in [1.807, 2.05) is 13.0 Å². The zero-order chi connectivity index (χ0) is 22.1. The van der Waals surface area contributed by atoms with Crippen LogP contribution in [0.3, 0.4) is 0 Å². The molecule has 0 saturated carbocycles. The fourth-order valence-electron chi connectivity index (χ4n) is 2.81. The van der Waals surface area contributed by atoms with E-state index in [-0.39, 0.29) is 16.2 Å². The lowest BCUT2D eigenvalue weighted by Gasteiger charge is -2.19. The van der Waals surface area contributed by atoms with E-state index >= 15 is 0 Å². The number of aromatic nitrogens is 1. The minimum Gasteiger partial charge on any atom is -0.495 e. The number of nitrogens with zero attached hydrogens (tertiary/aromatic N) is 1. The first-order valence-electron chi connectivity index (χ1n) is 9.21. The first-order chi connectivity index (χ1) is 14.0. The molecule has 2 aromatic carbocycles. The minimum absolute atomic E-state index is 0.0283. The normalized spacial score (nSPS) is 11.9. The molecule has 0 saturated heterocycles. The Morgan fingerprint density at radius 2 is 1.83 bits per heavy atom. The van der Waals surface area contributed by atoms with Crippen molar-refractivity contribution in [2.75, 3.05) is 17.1 Å². The van der Waals surface area contributed by atoms with Gasteiger partial charge in [0.2, 0.25) is 0 Å². The van der Waals surface area contributed by atoms with E-state index in [0.29, 0.717) is 10.7 Å². The molecule has 0 aliphatic heterocycles. The third-order valence-corrected chi connectivity index (χ3v) is 6.95. The molecule has 0 aliphatic carbocycles. The van der Waals surface area contributed by atoms with Crippen LogP contribution in [0.1, 0.15) is 26.5 Å². The summed E-state index contributed by atoms with van der Waals surface area (Å²) < 4.78 is 34.1. The number of sulfonamides is 1. The van der Waals surface area contributed by atoms with Gasteiger partial charge < -0.3 is 10.1 Å². The zero-order valence-electron chi connectivity index (χ0n) is 17.4. The van der Waals surface area contributed by atoms with E-state index in [0.717, 1.165) is 21.3 Å². The largest absolute Gasteiger partial charge is 0.495 e. The van der Waals surface area contributed by atoms with E-state index in [2.05, 4.69) is 35.8 Å². The second kappa shape index (κ2) is 8.45. The molecule has 3 aromatic rings. The average Bonchev–Trinajstić information content (AvgIpc) is 3.01. The fraction of sp³-hybridized carbons (Fsp3) is 0.286. The number of hydrogen-bond donors (Lipinski definition) is 2. The van der Waals surface area contributed by atoms with Crippen LogP contribution in [-0.4, -0.2) is 26.1 Å². The van der Waals surface area contributed by atoms with Crippen molar-refractivity contribution < 1.29 is 13.2 Å². The molecule has 1 heterocycles. The molecule has 0 spiro atoms. The van der Waals surface area contributed by atoms with E-state index in [1.54, 1.807) is 36.4 Å². The molecular weight excluding hydrogens is 442 g/mol. The summed E-state index contributed by atoms with van der Waals surface area (Å²) >= 11 is 7.60. The Hall–Kier alpha value is -2.29. The van der Waals surface area contributed by atoms with Gasteiger partial charge in [0.1, 0.15) is 10.6 Å². The Morgan fingerprint density at radius 3 is 2.47 bits per heavy atom. The zero-order valence-corrected chi connectivity index (χ0v) is 19.8. The average molecular weight is 466 g/mol. The molecule has 9 heteroatoms. The second-order valence-corrected chi connectivity index (χ2v) is 10.8. The van der Waals surface area contributed by atoms with Gasteiger partial charge in [-0.15, -0.1) is 0 Å². The number of rotatable bonds is 6. The van der Waals surface area contributed by atoms with Gasteiger partial charge >= 0.3 is 0 Å². The number of anilines is 2. The van der Waals surface area contributed by atoms with Crippen LogP contribution in [0.5, 0.6) is 5.75 Å². The number of ether oxygens (including phenoxy) is 1. The lowest BCUT2D eigenvalue weighted by atomic mass is 10.1. The molecule has 6 nitrogen and oxygen atoms in total. The molecule has 0 fully saturated rings. The van der Waals surface area contributed by atoms with Crippen LogP contribution in [0.25, 0.3) is 10.4 Å². The SMILES string of the molecule is COc1ccc(-c2sc(NC(C)(C)C)nc2C)cc1S(=O)(=O)Nc1ccccc1Cl. The van der Waals surface area contributed by atoms with E-state index in [9.17, 15) is 8.42 Å². The maximum absolute atomic E-state index is 13.1. The van der Waals surface area contributed by atoms with Crippen molar-refractivity contribution in [3.8, 4) is 16.2 Å². The van der Waals surface area contributed by atoms with Crippen molar-refractivity contribution in [1.82, 2.24) is 4.98 Å². The van der Waals surface area contributed by atoms with Crippen LogP contribution in [0, 0.1) is 6.92 Å². The van der Waals surface area contributed by atoms with Crippen LogP contribution < -0.4 is 14.8 Å². The predicted molar refractivity (Wildman–Crippen MR) is 124 cm³/mol. The molecule has 0 radical (unpaired) electrons. The Morgan fingerprint density at radius 1 is 1.13 bits per heavy atom. The molecule has 1 aromatic heterocycles. The molecule has 2 N–H and O–H groups in total. The van der Waals surface area contributed by atoms with Crippen LogP contribution >= 0.6 is 22.9 Å². The van der Waals surface area contributed by atoms with E-state index in [4.69, 9.17) is 16.3 Å². The highest BCUT2D eigenvalue weighted by Crippen LogP contribution is 2.38. The maximum atomic E-state index is 13.1. The Bertz CT molecular complexity index is 1170. The third-order valence-electron chi connectivity index (χ3n) is 4.11. The molecule has 160 valence electrons. The fourth-order valence-corrected chi connectivity index (χ4v) is 5.50. The Kier molecular flexibility index (Phi) is 6.31. The van der Waals surface area contributed by atoms with Gasteiger partial charge in [0, 0.05) is 5.54 Å². The summed E-state index contributed by atoms with van der Waals surface area (Å²) in [6.07, 6.45) is 0. The van der Waals surface area contributed by atoms with Gasteiger partial charge in [0.05, 0.1) is 28.4 Å². The predicted octanol–water partition coefficient (Wildman–Crippen LogP) is 5.79. The van der Waals surface area contributed by atoms with Crippen LogP contribution in [0.15, 0.2) is 47.4 Å². The monoisotopic (exact) mass is 465 g/mol. The van der Waals surface area contributed by atoms with Crippen LogP contribution in [0.2, 0.25) is 5.02 Å². The summed E-state index contributed by atoms with van der Waals surface area (Å²) in [6, 6.07) is 11.7. The summed E-state index contributed by atoms with van der Waals surface area (Å²) in [5, 5.41) is 4.45. The smallest absolute Gasteiger partial charge is 0.265 e. The number of benzene rings is 2. The standard InChI is InChI=1S/C21H24ClN3O3S2/c1-13-19(29-20(23-13)24-21(2,3)4)14-10-11-17(28-5)18(12-14)30(26,27)25-16-9-7-6-8-15(16)22/h6-12,25H,1-5H3,(H,23,24). The summed E-state index contributed by atoms with van der Waals surface area (Å²) in [5.41, 5.74) is 1.73. The summed E-state index contributed by atoms with van der Waals surface area (Å²) in [5.74, 6) is 0.244. The summed E-state index contributed by atoms with van der Waals surface area (Å²) in [4.78, 5) is 5.50. The summed E-state index contributed by atoms with van der Waals surface area (Å²) in [7, 11) is -2.50. The van der Waals surface area contributed by atoms with Gasteiger partial charge in [-0.3, -0.25) is 4.72 Å². The highest BCUT2D eigenvalue weighted by atomic mass is 35.5. The lowest BCUT2D eigenvalue weighted by Crippen LogP contribution is -2.25. The maximum Gasteiger partial charge on any atom is 0.265 e. The molecule has 0 bridgehead atoms. The minimum atomic E-state index is -3.93. The number of para-hydroxylation sites is 1. The highest BCUT2D eigenvalue weighted by Gasteiger charge is 2.23. The number of halogens is 1. The van der Waals surface area contributed by atoms with Crippen molar-refractivity contribution in [2.45, 2.75) is 38.1 Å². The van der Waals surface area contributed by atoms with Gasteiger partial charge in [-0.2, -0.15) is 0 Å². The van der Waals surface area contributed by atoms with Crippen molar-refractivity contribution in [3.05, 3.63) is 53.2 Å². The topological polar surface area (TPSA) is 80.3 Å². The highest BCUT2D eigenvalue weighted by molar-refractivity contribution is 7.92. The van der Waals surface area contributed by atoms with Crippen molar-refractivity contribution in [1.29, 1.82) is 0 Å².